The van der Waals surface area contributed by atoms with Crippen LogP contribution in [0.4, 0.5) is 0 Å². The molecule has 0 aromatic heterocycles. The maximum absolute atomic E-state index is 13.1. The van der Waals surface area contributed by atoms with Crippen LogP contribution in [0.2, 0.25) is 0 Å². The number of ether oxygens (including phenoxy) is 4. The Morgan fingerprint density at radius 1 is 0.284 bits per heavy atom. The SMILES string of the molecule is CC/C=C\C/C=C\C/C=C\C/C=C\C/C=C\CCCC(=O)OCC(COP(=O)(O)OCC(O)COP(=O)(O)OCC(COC(=O)CCCCCC/C=C\C/C=C\C/C=C\C/C=C\CC)OC(=O)CCCCCCCCCCCCCCC)OC(=O)CCCCCCCCCCCCCCCCC. The first-order valence-electron chi connectivity index (χ1n) is 40.1. The molecule has 0 saturated carbocycles. The van der Waals surface area contributed by atoms with E-state index in [2.05, 4.69) is 125 Å². The molecule has 0 bridgehead atoms. The van der Waals surface area contributed by atoms with Crippen LogP contribution in [-0.4, -0.2) is 96.7 Å². The number of aliphatic hydroxyl groups excluding tert-OH is 1. The fourth-order valence-electron chi connectivity index (χ4n) is 10.7. The summed E-state index contributed by atoms with van der Waals surface area (Å²) in [6, 6.07) is 0. The van der Waals surface area contributed by atoms with Crippen LogP contribution in [0.5, 0.6) is 0 Å². The molecule has 19 heteroatoms. The lowest BCUT2D eigenvalue weighted by Gasteiger charge is -2.21. The van der Waals surface area contributed by atoms with Gasteiger partial charge in [0.05, 0.1) is 26.4 Å². The molecule has 0 fully saturated rings. The molecule has 0 aromatic carbocycles. The fraction of sp³-hybridized carbons (Fsp3) is 0.735. The van der Waals surface area contributed by atoms with E-state index in [9.17, 15) is 43.2 Å². The van der Waals surface area contributed by atoms with E-state index in [1.54, 1.807) is 0 Å². The number of carbonyl (C=O) groups is 4. The molecule has 0 aliphatic heterocycles. The summed E-state index contributed by atoms with van der Waals surface area (Å²) >= 11 is 0. The van der Waals surface area contributed by atoms with Crippen LogP contribution in [0, 0.1) is 0 Å². The molecular formula is C83H144O17P2. The minimum Gasteiger partial charge on any atom is -0.462 e. The summed E-state index contributed by atoms with van der Waals surface area (Å²) in [6.07, 6.45) is 80.7. The number of esters is 4. The molecule has 0 aromatic rings. The molecule has 0 aliphatic rings. The second-order valence-electron chi connectivity index (χ2n) is 26.6. The van der Waals surface area contributed by atoms with Gasteiger partial charge in [-0.1, -0.05) is 317 Å². The van der Waals surface area contributed by atoms with E-state index in [-0.39, 0.29) is 25.7 Å². The average Bonchev–Trinajstić information content (AvgIpc) is 0.939. The van der Waals surface area contributed by atoms with Gasteiger partial charge in [0.15, 0.2) is 12.2 Å². The predicted octanol–water partition coefficient (Wildman–Crippen LogP) is 23.3. The van der Waals surface area contributed by atoms with E-state index >= 15 is 0 Å². The molecule has 5 unspecified atom stereocenters. The van der Waals surface area contributed by atoms with E-state index in [0.717, 1.165) is 135 Å². The number of rotatable bonds is 75. The van der Waals surface area contributed by atoms with Crippen LogP contribution in [0.25, 0.3) is 0 Å². The highest BCUT2D eigenvalue weighted by atomic mass is 31.2. The number of hydrogen-bond donors (Lipinski definition) is 3. The number of hydrogen-bond acceptors (Lipinski definition) is 15. The number of unbranched alkanes of at least 4 members (excludes halogenated alkanes) is 31. The quantitative estimate of drug-likeness (QED) is 0.0169. The van der Waals surface area contributed by atoms with Gasteiger partial charge in [0.2, 0.25) is 0 Å². The molecule has 588 valence electrons. The van der Waals surface area contributed by atoms with Crippen molar-refractivity contribution >= 4 is 39.5 Å². The van der Waals surface area contributed by atoms with Crippen LogP contribution >= 0.6 is 15.6 Å². The van der Waals surface area contributed by atoms with E-state index < -0.39 is 97.5 Å². The monoisotopic (exact) mass is 1470 g/mol. The summed E-state index contributed by atoms with van der Waals surface area (Å²) in [5.41, 5.74) is 0. The number of phosphoric acid groups is 2. The van der Waals surface area contributed by atoms with Gasteiger partial charge in [-0.25, -0.2) is 9.13 Å². The lowest BCUT2D eigenvalue weighted by atomic mass is 10.0. The number of phosphoric ester groups is 2. The van der Waals surface area contributed by atoms with Gasteiger partial charge < -0.3 is 33.8 Å². The van der Waals surface area contributed by atoms with Crippen LogP contribution in [-0.2, 0) is 65.4 Å². The summed E-state index contributed by atoms with van der Waals surface area (Å²) in [5.74, 6) is -2.25. The van der Waals surface area contributed by atoms with E-state index in [1.165, 1.54) is 116 Å². The van der Waals surface area contributed by atoms with Crippen molar-refractivity contribution in [3.8, 4) is 0 Å². The highest BCUT2D eigenvalue weighted by Gasteiger charge is 2.30. The molecule has 0 aliphatic carbocycles. The lowest BCUT2D eigenvalue weighted by Crippen LogP contribution is -2.30. The molecule has 0 saturated heterocycles. The Bertz CT molecular complexity index is 2360. The van der Waals surface area contributed by atoms with Crippen molar-refractivity contribution in [2.75, 3.05) is 39.6 Å². The summed E-state index contributed by atoms with van der Waals surface area (Å²) < 4.78 is 68.6. The largest absolute Gasteiger partial charge is 0.472 e. The highest BCUT2D eigenvalue weighted by Crippen LogP contribution is 2.45. The van der Waals surface area contributed by atoms with E-state index in [4.69, 9.17) is 37.0 Å². The molecule has 0 rings (SSSR count). The smallest absolute Gasteiger partial charge is 0.462 e. The number of aliphatic hydroxyl groups is 1. The normalized spacial score (nSPS) is 14.5. The maximum Gasteiger partial charge on any atom is 0.472 e. The topological polar surface area (TPSA) is 237 Å². The van der Waals surface area contributed by atoms with Crippen molar-refractivity contribution in [2.24, 2.45) is 0 Å². The summed E-state index contributed by atoms with van der Waals surface area (Å²) in [4.78, 5) is 73.0. The first kappa shape index (κ1) is 97.7. The van der Waals surface area contributed by atoms with Gasteiger partial charge in [-0.05, 0) is 103 Å². The van der Waals surface area contributed by atoms with E-state index in [0.29, 0.717) is 32.1 Å². The number of carbonyl (C=O) groups excluding carboxylic acids is 4. The summed E-state index contributed by atoms with van der Waals surface area (Å²) in [5, 5.41) is 10.6. The zero-order valence-corrected chi connectivity index (χ0v) is 66.0. The molecule has 3 N–H and O–H groups in total. The van der Waals surface area contributed by atoms with Gasteiger partial charge in [-0.2, -0.15) is 0 Å². The zero-order valence-electron chi connectivity index (χ0n) is 64.3. The van der Waals surface area contributed by atoms with Gasteiger partial charge in [0, 0.05) is 25.7 Å². The first-order valence-corrected chi connectivity index (χ1v) is 43.1. The minimum absolute atomic E-state index is 0.0843. The molecule has 0 spiro atoms. The lowest BCUT2D eigenvalue weighted by molar-refractivity contribution is -0.161. The van der Waals surface area contributed by atoms with Crippen LogP contribution in [0.15, 0.2) is 109 Å². The maximum atomic E-state index is 13.1. The molecule has 0 heterocycles. The third-order valence-corrected chi connectivity index (χ3v) is 18.7. The second-order valence-corrected chi connectivity index (χ2v) is 29.5. The highest BCUT2D eigenvalue weighted by molar-refractivity contribution is 7.47. The molecule has 0 radical (unpaired) electrons. The summed E-state index contributed by atoms with van der Waals surface area (Å²) in [6.45, 7) is 4.60. The Labute approximate surface area is 619 Å². The van der Waals surface area contributed by atoms with Crippen molar-refractivity contribution in [1.82, 2.24) is 0 Å². The number of allylic oxidation sites excluding steroid dienone is 18. The molecule has 17 nitrogen and oxygen atoms in total. The second kappa shape index (κ2) is 75.0. The third-order valence-electron chi connectivity index (χ3n) is 16.8. The molecule has 5 atom stereocenters. The predicted molar refractivity (Wildman–Crippen MR) is 418 cm³/mol. The molecule has 102 heavy (non-hydrogen) atoms. The standard InChI is InChI=1S/C83H144O17P2/c1-5-9-13-17-21-25-29-33-36-38-41-44-47-51-55-59-63-67-80(85)93-73-78(99-82(87)69-65-61-57-53-49-43-32-28-24-20-16-12-8-4)75-97-101(89,90)95-71-77(84)72-96-102(91,92)98-76-79(100-83(88)70-66-62-58-54-50-46-40-35-31-27-23-19-15-11-7-3)74-94-81(86)68-64-60-56-52-48-45-42-39-37-34-30-26-22-18-14-10-6-2/h9-10,13-14,21-22,25-26,33-34,36-37,41-42,44-45,52,56,77-79,84H,5-8,11-12,15-20,23-24,27-32,35,38-40,43,46-51,53-55,57-76H2,1-4H3,(H,89,90)(H,91,92)/b13-9-,14-10-,25-21-,26-22-,36-33-,37-34-,44-41-,45-42-,56-52-. The molecule has 0 amide bonds. The first-order chi connectivity index (χ1) is 49.7. The van der Waals surface area contributed by atoms with Crippen LogP contribution in [0.3, 0.4) is 0 Å². The van der Waals surface area contributed by atoms with Gasteiger partial charge in [-0.3, -0.25) is 37.3 Å². The van der Waals surface area contributed by atoms with Gasteiger partial charge >= 0.3 is 39.5 Å². The Kier molecular flexibility index (Phi) is 71.8. The van der Waals surface area contributed by atoms with Crippen LogP contribution in [0.1, 0.15) is 336 Å². The Balaban J connectivity index is 5.40. The van der Waals surface area contributed by atoms with Crippen molar-refractivity contribution in [3.63, 3.8) is 0 Å². The van der Waals surface area contributed by atoms with Gasteiger partial charge in [0.25, 0.3) is 0 Å². The van der Waals surface area contributed by atoms with Crippen molar-refractivity contribution < 1.29 is 80.2 Å². The third kappa shape index (κ3) is 74.0. The van der Waals surface area contributed by atoms with Crippen molar-refractivity contribution in [1.29, 1.82) is 0 Å². The Morgan fingerprint density at radius 2 is 0.520 bits per heavy atom. The fourth-order valence-corrected chi connectivity index (χ4v) is 12.3. The van der Waals surface area contributed by atoms with Crippen molar-refractivity contribution in [3.05, 3.63) is 109 Å². The Morgan fingerprint density at radius 3 is 0.824 bits per heavy atom. The average molecular weight is 1480 g/mol. The van der Waals surface area contributed by atoms with E-state index in [1.807, 2.05) is 12.2 Å². The van der Waals surface area contributed by atoms with Crippen molar-refractivity contribution in [2.45, 2.75) is 354 Å². The van der Waals surface area contributed by atoms with Crippen LogP contribution < -0.4 is 0 Å². The molecular weight excluding hydrogens is 1330 g/mol. The zero-order chi connectivity index (χ0) is 74.6. The van der Waals surface area contributed by atoms with Gasteiger partial charge in [0.1, 0.15) is 19.3 Å². The minimum atomic E-state index is -4.99. The Hall–Kier alpha value is -4.28. The van der Waals surface area contributed by atoms with Gasteiger partial charge in [-0.15, -0.1) is 0 Å². The summed E-state index contributed by atoms with van der Waals surface area (Å²) in [7, 11) is -9.97.